The van der Waals surface area contributed by atoms with Crippen molar-refractivity contribution in [2.75, 3.05) is 44.3 Å². The molecule has 0 aliphatic carbocycles. The molecule has 3 heterocycles. The molecule has 2 aliphatic heterocycles. The van der Waals surface area contributed by atoms with Crippen molar-refractivity contribution in [3.8, 4) is 0 Å². The summed E-state index contributed by atoms with van der Waals surface area (Å²) in [5, 5.41) is 0. The van der Waals surface area contributed by atoms with Crippen LogP contribution in [-0.2, 0) is 9.53 Å². The zero-order valence-corrected chi connectivity index (χ0v) is 13.2. The van der Waals surface area contributed by atoms with E-state index in [-0.39, 0.29) is 5.91 Å². The van der Waals surface area contributed by atoms with Crippen LogP contribution >= 0.6 is 0 Å². The number of ether oxygens (including phenoxy) is 1. The molecule has 0 bridgehead atoms. The second kappa shape index (κ2) is 7.05. The van der Waals surface area contributed by atoms with Crippen molar-refractivity contribution >= 4 is 11.9 Å². The monoisotopic (exact) mass is 304 g/mol. The highest BCUT2D eigenvalue weighted by Gasteiger charge is 2.25. The van der Waals surface area contributed by atoms with Crippen molar-refractivity contribution in [2.24, 2.45) is 5.92 Å². The van der Waals surface area contributed by atoms with E-state index in [9.17, 15) is 4.79 Å². The van der Waals surface area contributed by atoms with Gasteiger partial charge in [-0.25, -0.2) is 9.97 Å². The molecule has 2 aliphatic rings. The Bertz CT molecular complexity index is 491. The van der Waals surface area contributed by atoms with Gasteiger partial charge in [-0.2, -0.15) is 0 Å². The molecule has 1 aromatic heterocycles. The van der Waals surface area contributed by atoms with Crippen molar-refractivity contribution in [3.05, 3.63) is 18.0 Å². The fourth-order valence-electron chi connectivity index (χ4n) is 3.07. The molecule has 6 heteroatoms. The van der Waals surface area contributed by atoms with Crippen LogP contribution in [0.4, 0.5) is 5.95 Å². The molecule has 1 amide bonds. The van der Waals surface area contributed by atoms with Crippen molar-refractivity contribution in [3.63, 3.8) is 0 Å². The first-order valence-electron chi connectivity index (χ1n) is 8.11. The number of amides is 1. The number of carbonyl (C=O) groups is 1. The second-order valence-corrected chi connectivity index (χ2v) is 6.19. The minimum Gasteiger partial charge on any atom is -0.378 e. The minimum absolute atomic E-state index is 0.285. The number of hydrogen-bond donors (Lipinski definition) is 0. The van der Waals surface area contributed by atoms with E-state index in [1.165, 1.54) is 0 Å². The van der Waals surface area contributed by atoms with Gasteiger partial charge in [0, 0.05) is 45.0 Å². The number of hydrogen-bond acceptors (Lipinski definition) is 5. The van der Waals surface area contributed by atoms with Gasteiger partial charge in [0.05, 0.1) is 13.2 Å². The fourth-order valence-corrected chi connectivity index (χ4v) is 3.07. The second-order valence-electron chi connectivity index (χ2n) is 6.19. The molecule has 0 atom stereocenters. The van der Waals surface area contributed by atoms with Gasteiger partial charge in [0.2, 0.25) is 11.9 Å². The summed E-state index contributed by atoms with van der Waals surface area (Å²) in [5.41, 5.74) is 1.08. The van der Waals surface area contributed by atoms with Crippen LogP contribution in [0.25, 0.3) is 0 Å². The highest BCUT2D eigenvalue weighted by atomic mass is 16.5. The molecule has 6 nitrogen and oxygen atoms in total. The first-order chi connectivity index (χ1) is 10.7. The third-order valence-corrected chi connectivity index (χ3v) is 4.49. The molecule has 1 aromatic rings. The SMILES string of the molecule is Cc1cnc(N2CCC(CC(=O)N3CCOCC3)CC2)nc1. The number of aromatic nitrogens is 2. The molecular formula is C16H24N4O2. The van der Waals surface area contributed by atoms with Crippen LogP contribution in [0, 0.1) is 12.8 Å². The van der Waals surface area contributed by atoms with Gasteiger partial charge in [-0.15, -0.1) is 0 Å². The zero-order chi connectivity index (χ0) is 15.4. The lowest BCUT2D eigenvalue weighted by atomic mass is 9.93. The molecule has 0 unspecified atom stereocenters. The minimum atomic E-state index is 0.285. The van der Waals surface area contributed by atoms with E-state index in [1.807, 2.05) is 24.2 Å². The Morgan fingerprint density at radius 3 is 2.45 bits per heavy atom. The van der Waals surface area contributed by atoms with E-state index in [0.29, 0.717) is 25.6 Å². The fraction of sp³-hybridized carbons (Fsp3) is 0.688. The zero-order valence-electron chi connectivity index (χ0n) is 13.2. The lowest BCUT2D eigenvalue weighted by Crippen LogP contribution is -2.42. The highest BCUT2D eigenvalue weighted by molar-refractivity contribution is 5.76. The van der Waals surface area contributed by atoms with E-state index in [4.69, 9.17) is 4.74 Å². The Hall–Kier alpha value is -1.69. The van der Waals surface area contributed by atoms with Crippen molar-refractivity contribution in [1.29, 1.82) is 0 Å². The third kappa shape index (κ3) is 3.74. The number of morpholine rings is 1. The van der Waals surface area contributed by atoms with Gasteiger partial charge in [-0.05, 0) is 31.2 Å². The topological polar surface area (TPSA) is 58.6 Å². The maximum Gasteiger partial charge on any atom is 0.225 e. The Kier molecular flexibility index (Phi) is 4.87. The maximum atomic E-state index is 12.3. The highest BCUT2D eigenvalue weighted by Crippen LogP contribution is 2.23. The molecule has 0 aromatic carbocycles. The normalized spacial score (nSPS) is 20.2. The molecule has 2 fully saturated rings. The van der Waals surface area contributed by atoms with Gasteiger partial charge in [0.15, 0.2) is 0 Å². The molecule has 3 rings (SSSR count). The predicted molar refractivity (Wildman–Crippen MR) is 83.7 cm³/mol. The third-order valence-electron chi connectivity index (χ3n) is 4.49. The van der Waals surface area contributed by atoms with Gasteiger partial charge in [0.1, 0.15) is 0 Å². The summed E-state index contributed by atoms with van der Waals surface area (Å²) in [7, 11) is 0. The molecular weight excluding hydrogens is 280 g/mol. The number of anilines is 1. The van der Waals surface area contributed by atoms with E-state index in [1.54, 1.807) is 0 Å². The van der Waals surface area contributed by atoms with Gasteiger partial charge in [0.25, 0.3) is 0 Å². The van der Waals surface area contributed by atoms with Crippen LogP contribution in [-0.4, -0.2) is 60.2 Å². The quantitative estimate of drug-likeness (QED) is 0.841. The molecule has 0 spiro atoms. The van der Waals surface area contributed by atoms with E-state index >= 15 is 0 Å². The Morgan fingerprint density at radius 2 is 1.82 bits per heavy atom. The van der Waals surface area contributed by atoms with Crippen LogP contribution < -0.4 is 4.90 Å². The molecule has 0 N–H and O–H groups in total. The van der Waals surface area contributed by atoms with Crippen LogP contribution in [0.1, 0.15) is 24.8 Å². The molecule has 2 saturated heterocycles. The van der Waals surface area contributed by atoms with Crippen LogP contribution in [0.2, 0.25) is 0 Å². The Labute approximate surface area is 131 Å². The summed E-state index contributed by atoms with van der Waals surface area (Å²) < 4.78 is 5.30. The molecule has 0 saturated carbocycles. The number of piperidine rings is 1. The maximum absolute atomic E-state index is 12.3. The molecule has 22 heavy (non-hydrogen) atoms. The summed E-state index contributed by atoms with van der Waals surface area (Å²) >= 11 is 0. The largest absolute Gasteiger partial charge is 0.378 e. The van der Waals surface area contributed by atoms with Gasteiger partial charge < -0.3 is 14.5 Å². The summed E-state index contributed by atoms with van der Waals surface area (Å²) in [6.45, 7) is 6.70. The average Bonchev–Trinajstić information content (AvgIpc) is 2.57. The van der Waals surface area contributed by atoms with E-state index in [2.05, 4.69) is 14.9 Å². The Morgan fingerprint density at radius 1 is 1.18 bits per heavy atom. The Balaban J connectivity index is 1.47. The van der Waals surface area contributed by atoms with Gasteiger partial charge >= 0.3 is 0 Å². The molecule has 0 radical (unpaired) electrons. The number of carbonyl (C=O) groups excluding carboxylic acids is 1. The first kappa shape index (κ1) is 15.2. The number of rotatable bonds is 3. The van der Waals surface area contributed by atoms with Crippen LogP contribution in [0.15, 0.2) is 12.4 Å². The average molecular weight is 304 g/mol. The number of aryl methyl sites for hydroxylation is 1. The van der Waals surface area contributed by atoms with Crippen molar-refractivity contribution in [1.82, 2.24) is 14.9 Å². The van der Waals surface area contributed by atoms with E-state index < -0.39 is 0 Å². The standard InChI is InChI=1S/C16H24N4O2/c1-13-11-17-16(18-12-13)20-4-2-14(3-5-20)10-15(21)19-6-8-22-9-7-19/h11-12,14H,2-10H2,1H3. The lowest BCUT2D eigenvalue weighted by molar-refractivity contribution is -0.136. The lowest BCUT2D eigenvalue weighted by Gasteiger charge is -2.33. The van der Waals surface area contributed by atoms with Crippen LogP contribution in [0.5, 0.6) is 0 Å². The summed E-state index contributed by atoms with van der Waals surface area (Å²) in [6, 6.07) is 0. The first-order valence-corrected chi connectivity index (χ1v) is 8.11. The van der Waals surface area contributed by atoms with Gasteiger partial charge in [-0.3, -0.25) is 4.79 Å². The summed E-state index contributed by atoms with van der Waals surface area (Å²) in [6.07, 6.45) is 6.45. The van der Waals surface area contributed by atoms with Gasteiger partial charge in [-0.1, -0.05) is 0 Å². The molecule has 120 valence electrons. The summed E-state index contributed by atoms with van der Waals surface area (Å²) in [5.74, 6) is 1.58. The van der Waals surface area contributed by atoms with Crippen LogP contribution in [0.3, 0.4) is 0 Å². The van der Waals surface area contributed by atoms with Crippen molar-refractivity contribution < 1.29 is 9.53 Å². The summed E-state index contributed by atoms with van der Waals surface area (Å²) in [4.78, 5) is 25.2. The van der Waals surface area contributed by atoms with Crippen molar-refractivity contribution in [2.45, 2.75) is 26.2 Å². The predicted octanol–water partition coefficient (Wildman–Crippen LogP) is 1.25. The van der Waals surface area contributed by atoms with E-state index in [0.717, 1.165) is 50.5 Å². The number of nitrogens with zero attached hydrogens (tertiary/aromatic N) is 4. The smallest absolute Gasteiger partial charge is 0.225 e.